The molecular weight excluding hydrogens is 322 g/mol. The highest BCUT2D eigenvalue weighted by atomic mass is 79.9. The lowest BCUT2D eigenvalue weighted by Crippen LogP contribution is -1.97. The Kier molecular flexibility index (Phi) is 5.30. The largest absolute Gasteiger partial charge is 0.204 e. The Labute approximate surface area is 127 Å². The van der Waals surface area contributed by atoms with E-state index in [2.05, 4.69) is 47.1 Å². The van der Waals surface area contributed by atoms with Gasteiger partial charge in [0.05, 0.1) is 0 Å². The van der Waals surface area contributed by atoms with Crippen molar-refractivity contribution in [2.24, 2.45) is 0 Å². The highest BCUT2D eigenvalue weighted by Gasteiger charge is 2.10. The van der Waals surface area contributed by atoms with Gasteiger partial charge in [-0.3, -0.25) is 0 Å². The number of aryl methyl sites for hydroxylation is 1. The molecule has 0 fully saturated rings. The minimum atomic E-state index is -0.802. The second-order valence-electron chi connectivity index (χ2n) is 4.91. The highest BCUT2D eigenvalue weighted by molar-refractivity contribution is 9.09. The van der Waals surface area contributed by atoms with Gasteiger partial charge in [-0.2, -0.15) is 0 Å². The van der Waals surface area contributed by atoms with E-state index in [9.17, 15) is 8.78 Å². The van der Waals surface area contributed by atoms with E-state index in [4.69, 9.17) is 0 Å². The Morgan fingerprint density at radius 1 is 0.950 bits per heavy atom. The molecule has 0 aliphatic heterocycles. The smallest absolute Gasteiger partial charge is 0.159 e. The van der Waals surface area contributed by atoms with E-state index in [0.29, 0.717) is 6.42 Å². The molecule has 0 N–H and O–H groups in total. The van der Waals surface area contributed by atoms with Crippen molar-refractivity contribution >= 4 is 15.9 Å². The van der Waals surface area contributed by atoms with Crippen molar-refractivity contribution in [1.29, 1.82) is 0 Å². The van der Waals surface area contributed by atoms with Gasteiger partial charge in [0.1, 0.15) is 0 Å². The summed E-state index contributed by atoms with van der Waals surface area (Å²) in [5, 5.41) is 0. The lowest BCUT2D eigenvalue weighted by molar-refractivity contribution is 0.507. The maximum Gasteiger partial charge on any atom is 0.159 e. The predicted molar refractivity (Wildman–Crippen MR) is 82.2 cm³/mol. The van der Waals surface area contributed by atoms with E-state index in [-0.39, 0.29) is 4.83 Å². The van der Waals surface area contributed by atoms with Crippen LogP contribution in [-0.2, 0) is 12.8 Å². The zero-order valence-corrected chi connectivity index (χ0v) is 13.0. The van der Waals surface area contributed by atoms with E-state index in [1.165, 1.54) is 17.7 Å². The molecule has 0 aromatic heterocycles. The fourth-order valence-corrected chi connectivity index (χ4v) is 2.85. The Balaban J connectivity index is 2.06. The first-order valence-corrected chi connectivity index (χ1v) is 7.68. The van der Waals surface area contributed by atoms with Gasteiger partial charge in [0.15, 0.2) is 11.6 Å². The summed E-state index contributed by atoms with van der Waals surface area (Å²) in [6, 6.07) is 12.5. The Bertz CT molecular complexity index is 564. The molecular formula is C17H17BrF2. The molecule has 106 valence electrons. The number of halogens is 3. The van der Waals surface area contributed by atoms with Crippen LogP contribution < -0.4 is 0 Å². The van der Waals surface area contributed by atoms with Gasteiger partial charge in [0, 0.05) is 4.83 Å². The summed E-state index contributed by atoms with van der Waals surface area (Å²) in [5.41, 5.74) is 3.25. The first-order chi connectivity index (χ1) is 9.60. The van der Waals surface area contributed by atoms with Gasteiger partial charge in [-0.05, 0) is 41.7 Å². The van der Waals surface area contributed by atoms with Crippen LogP contribution in [0.1, 0.15) is 34.9 Å². The molecule has 1 unspecified atom stereocenters. The first-order valence-electron chi connectivity index (χ1n) is 6.77. The minimum absolute atomic E-state index is 0.100. The molecule has 0 nitrogen and oxygen atoms in total. The zero-order valence-electron chi connectivity index (χ0n) is 11.4. The molecule has 2 aromatic carbocycles. The summed E-state index contributed by atoms with van der Waals surface area (Å²) >= 11 is 3.61. The van der Waals surface area contributed by atoms with Gasteiger partial charge in [0.2, 0.25) is 0 Å². The summed E-state index contributed by atoms with van der Waals surface area (Å²) in [7, 11) is 0. The van der Waals surface area contributed by atoms with E-state index in [1.807, 2.05) is 0 Å². The van der Waals surface area contributed by atoms with E-state index in [0.717, 1.165) is 24.0 Å². The second kappa shape index (κ2) is 6.98. The highest BCUT2D eigenvalue weighted by Crippen LogP contribution is 2.28. The standard InChI is InChI=1S/C17H17BrF2/c1-2-3-12-4-7-14(8-5-12)15(18)10-13-6-9-16(19)17(20)11-13/h4-9,11,15H,2-3,10H2,1H3. The molecule has 0 spiro atoms. The summed E-state index contributed by atoms with van der Waals surface area (Å²) in [4.78, 5) is 0.100. The van der Waals surface area contributed by atoms with Crippen LogP contribution in [-0.4, -0.2) is 0 Å². The second-order valence-corrected chi connectivity index (χ2v) is 6.02. The Morgan fingerprint density at radius 2 is 1.60 bits per heavy atom. The lowest BCUT2D eigenvalue weighted by atomic mass is 10.0. The van der Waals surface area contributed by atoms with Crippen LogP contribution in [0.3, 0.4) is 0 Å². The van der Waals surface area contributed by atoms with Crippen LogP contribution in [0.5, 0.6) is 0 Å². The monoisotopic (exact) mass is 338 g/mol. The molecule has 0 radical (unpaired) electrons. The van der Waals surface area contributed by atoms with Crippen molar-refractivity contribution in [3.8, 4) is 0 Å². The number of hydrogen-bond donors (Lipinski definition) is 0. The van der Waals surface area contributed by atoms with Crippen LogP contribution in [0, 0.1) is 11.6 Å². The van der Waals surface area contributed by atoms with Crippen molar-refractivity contribution in [3.63, 3.8) is 0 Å². The molecule has 0 aliphatic rings. The molecule has 0 saturated carbocycles. The van der Waals surface area contributed by atoms with Crippen LogP contribution in [0.15, 0.2) is 42.5 Å². The third-order valence-corrected chi connectivity index (χ3v) is 4.13. The topological polar surface area (TPSA) is 0 Å². The molecule has 20 heavy (non-hydrogen) atoms. The van der Waals surface area contributed by atoms with Gasteiger partial charge in [-0.1, -0.05) is 59.6 Å². The van der Waals surface area contributed by atoms with E-state index < -0.39 is 11.6 Å². The van der Waals surface area contributed by atoms with Crippen molar-refractivity contribution in [3.05, 3.63) is 70.8 Å². The van der Waals surface area contributed by atoms with Gasteiger partial charge in [-0.15, -0.1) is 0 Å². The Morgan fingerprint density at radius 3 is 2.20 bits per heavy atom. The SMILES string of the molecule is CCCc1ccc(C(Br)Cc2ccc(F)c(F)c2)cc1. The van der Waals surface area contributed by atoms with Crippen LogP contribution in [0.25, 0.3) is 0 Å². The fraction of sp³-hybridized carbons (Fsp3) is 0.294. The molecule has 0 amide bonds. The quantitative estimate of drug-likeness (QED) is 0.623. The third-order valence-electron chi connectivity index (χ3n) is 3.28. The van der Waals surface area contributed by atoms with Crippen molar-refractivity contribution in [1.82, 2.24) is 0 Å². The van der Waals surface area contributed by atoms with Crippen LogP contribution in [0.4, 0.5) is 8.78 Å². The molecule has 2 aromatic rings. The summed E-state index contributed by atoms with van der Waals surface area (Å²) in [6.45, 7) is 2.16. The molecule has 1 atom stereocenters. The number of hydrogen-bond acceptors (Lipinski definition) is 0. The lowest BCUT2D eigenvalue weighted by Gasteiger charge is -2.11. The summed E-state index contributed by atoms with van der Waals surface area (Å²) in [6.07, 6.45) is 2.84. The normalized spacial score (nSPS) is 12.4. The molecule has 0 aliphatic carbocycles. The van der Waals surface area contributed by atoms with Crippen LogP contribution in [0.2, 0.25) is 0 Å². The fourth-order valence-electron chi connectivity index (χ4n) is 2.17. The average Bonchev–Trinajstić information content (AvgIpc) is 2.44. The molecule has 0 saturated heterocycles. The van der Waals surface area contributed by atoms with Gasteiger partial charge in [-0.25, -0.2) is 8.78 Å². The number of benzene rings is 2. The first kappa shape index (κ1) is 15.2. The van der Waals surface area contributed by atoms with E-state index in [1.54, 1.807) is 6.07 Å². The maximum atomic E-state index is 13.2. The zero-order chi connectivity index (χ0) is 14.5. The molecule has 0 bridgehead atoms. The average molecular weight is 339 g/mol. The number of rotatable bonds is 5. The minimum Gasteiger partial charge on any atom is -0.204 e. The van der Waals surface area contributed by atoms with Gasteiger partial charge >= 0.3 is 0 Å². The molecule has 0 heterocycles. The third kappa shape index (κ3) is 3.89. The van der Waals surface area contributed by atoms with Crippen molar-refractivity contribution < 1.29 is 8.78 Å². The summed E-state index contributed by atoms with van der Waals surface area (Å²) in [5.74, 6) is -1.59. The Hall–Kier alpha value is -1.22. The number of alkyl halides is 1. The van der Waals surface area contributed by atoms with Gasteiger partial charge < -0.3 is 0 Å². The van der Waals surface area contributed by atoms with Crippen LogP contribution >= 0.6 is 15.9 Å². The maximum absolute atomic E-state index is 13.2. The van der Waals surface area contributed by atoms with Gasteiger partial charge in [0.25, 0.3) is 0 Å². The van der Waals surface area contributed by atoms with Crippen molar-refractivity contribution in [2.45, 2.75) is 31.0 Å². The van der Waals surface area contributed by atoms with Crippen molar-refractivity contribution in [2.75, 3.05) is 0 Å². The molecule has 2 rings (SSSR count). The molecule has 3 heteroatoms. The predicted octanol–water partition coefficient (Wildman–Crippen LogP) is 5.60. The summed E-state index contributed by atoms with van der Waals surface area (Å²) < 4.78 is 26.1. The van der Waals surface area contributed by atoms with E-state index >= 15 is 0 Å².